The zero-order valence-electron chi connectivity index (χ0n) is 11.8. The first-order valence-corrected chi connectivity index (χ1v) is 8.08. The Labute approximate surface area is 131 Å². The molecule has 0 aliphatic heterocycles. The number of sulfonamides is 1. The van der Waals surface area contributed by atoms with Gasteiger partial charge in [-0.3, -0.25) is 4.68 Å². The fourth-order valence-electron chi connectivity index (χ4n) is 1.85. The molecule has 7 nitrogen and oxygen atoms in total. The van der Waals surface area contributed by atoms with E-state index in [9.17, 15) is 17.2 Å². The lowest BCUT2D eigenvalue weighted by atomic mass is 10.4. The van der Waals surface area contributed by atoms with Gasteiger partial charge in [0.15, 0.2) is 0 Å². The number of halogens is 3. The second-order valence-corrected chi connectivity index (χ2v) is 6.90. The number of hydrogen-bond donors (Lipinski definition) is 0. The molecule has 2 rings (SSSR count). The molecule has 0 atom stereocenters. The quantitative estimate of drug-likeness (QED) is 0.796. The summed E-state index contributed by atoms with van der Waals surface area (Å²) in [4.78, 5) is -0.311. The maximum Gasteiger partial charge on any atom is 0.333 e. The molecule has 0 amide bonds. The third kappa shape index (κ3) is 3.13. The van der Waals surface area contributed by atoms with Crippen LogP contribution in [-0.2, 0) is 23.1 Å². The monoisotopic (exact) mass is 353 g/mol. The van der Waals surface area contributed by atoms with Gasteiger partial charge in [0.2, 0.25) is 10.0 Å². The van der Waals surface area contributed by atoms with Crippen LogP contribution < -0.4 is 0 Å². The average molecular weight is 354 g/mol. The SMILES string of the molecule is CCn1ncc(Cl)c1CN(C)S(=O)(=O)c1cnn(C(F)F)c1. The summed E-state index contributed by atoms with van der Waals surface area (Å²) in [5.41, 5.74) is 0.525. The number of aryl methyl sites for hydroxylation is 1. The van der Waals surface area contributed by atoms with Crippen molar-refractivity contribution in [3.63, 3.8) is 0 Å². The molecule has 0 aromatic carbocycles. The molecule has 0 saturated heterocycles. The van der Waals surface area contributed by atoms with Crippen LogP contribution in [0.5, 0.6) is 0 Å². The van der Waals surface area contributed by atoms with Gasteiger partial charge in [-0.15, -0.1) is 0 Å². The average Bonchev–Trinajstić information content (AvgIpc) is 3.07. The van der Waals surface area contributed by atoms with E-state index in [0.717, 1.165) is 16.7 Å². The zero-order chi connectivity index (χ0) is 16.5. The van der Waals surface area contributed by atoms with Crippen LogP contribution in [0.15, 0.2) is 23.5 Å². The predicted octanol–water partition coefficient (Wildman–Crippen LogP) is 1.97. The third-order valence-electron chi connectivity index (χ3n) is 3.06. The van der Waals surface area contributed by atoms with E-state index in [-0.39, 0.29) is 16.1 Å². The first-order valence-electron chi connectivity index (χ1n) is 6.26. The van der Waals surface area contributed by atoms with Crippen molar-refractivity contribution in [1.82, 2.24) is 23.9 Å². The van der Waals surface area contributed by atoms with Crippen LogP contribution in [0.2, 0.25) is 5.02 Å². The van der Waals surface area contributed by atoms with Gasteiger partial charge in [0.05, 0.1) is 35.9 Å². The van der Waals surface area contributed by atoms with E-state index < -0.39 is 16.6 Å². The molecule has 2 aromatic heterocycles. The molecule has 11 heteroatoms. The van der Waals surface area contributed by atoms with E-state index in [1.165, 1.54) is 13.2 Å². The Balaban J connectivity index is 2.26. The lowest BCUT2D eigenvalue weighted by Crippen LogP contribution is -2.27. The van der Waals surface area contributed by atoms with E-state index in [2.05, 4.69) is 10.2 Å². The molecule has 0 aliphatic rings. The van der Waals surface area contributed by atoms with Crippen molar-refractivity contribution in [2.24, 2.45) is 0 Å². The number of aromatic nitrogens is 4. The number of alkyl halides is 2. The lowest BCUT2D eigenvalue weighted by molar-refractivity contribution is 0.0563. The minimum Gasteiger partial charge on any atom is -0.267 e. The van der Waals surface area contributed by atoms with Crippen molar-refractivity contribution in [1.29, 1.82) is 0 Å². The van der Waals surface area contributed by atoms with Crippen molar-refractivity contribution in [2.75, 3.05) is 7.05 Å². The summed E-state index contributed by atoms with van der Waals surface area (Å²) in [5, 5.41) is 7.69. The van der Waals surface area contributed by atoms with Crippen LogP contribution in [-0.4, -0.2) is 39.3 Å². The van der Waals surface area contributed by atoms with Crippen LogP contribution in [0.1, 0.15) is 19.2 Å². The Hall–Kier alpha value is -1.52. The Morgan fingerprint density at radius 1 is 1.36 bits per heavy atom. The first kappa shape index (κ1) is 16.8. The predicted molar refractivity (Wildman–Crippen MR) is 75.0 cm³/mol. The van der Waals surface area contributed by atoms with Gasteiger partial charge >= 0.3 is 6.55 Å². The van der Waals surface area contributed by atoms with Crippen LogP contribution >= 0.6 is 11.6 Å². The van der Waals surface area contributed by atoms with Crippen molar-refractivity contribution in [3.8, 4) is 0 Å². The van der Waals surface area contributed by atoms with Gasteiger partial charge in [-0.2, -0.15) is 23.3 Å². The second-order valence-electron chi connectivity index (χ2n) is 4.45. The van der Waals surface area contributed by atoms with Crippen LogP contribution in [0.4, 0.5) is 8.78 Å². The highest BCUT2D eigenvalue weighted by Gasteiger charge is 2.25. The summed E-state index contributed by atoms with van der Waals surface area (Å²) >= 11 is 5.99. The summed E-state index contributed by atoms with van der Waals surface area (Å²) in [6, 6.07) is 0. The highest BCUT2D eigenvalue weighted by molar-refractivity contribution is 7.89. The summed E-state index contributed by atoms with van der Waals surface area (Å²) in [6.45, 7) is -0.563. The smallest absolute Gasteiger partial charge is 0.267 e. The summed E-state index contributed by atoms with van der Waals surface area (Å²) in [5.74, 6) is 0. The first-order chi connectivity index (χ1) is 10.3. The van der Waals surface area contributed by atoms with Gasteiger partial charge in [-0.1, -0.05) is 11.6 Å². The molecule has 0 radical (unpaired) electrons. The molecule has 0 spiro atoms. The normalized spacial score (nSPS) is 12.5. The van der Waals surface area contributed by atoms with Crippen molar-refractivity contribution < 1.29 is 17.2 Å². The van der Waals surface area contributed by atoms with Crippen molar-refractivity contribution >= 4 is 21.6 Å². The highest BCUT2D eigenvalue weighted by Crippen LogP contribution is 2.22. The molecule has 122 valence electrons. The van der Waals surface area contributed by atoms with Gasteiger partial charge in [-0.05, 0) is 6.92 Å². The summed E-state index contributed by atoms with van der Waals surface area (Å²) < 4.78 is 52.6. The Morgan fingerprint density at radius 3 is 2.59 bits per heavy atom. The molecule has 0 saturated carbocycles. The maximum absolute atomic E-state index is 12.5. The molecular formula is C11H14ClF2N5O2S. The third-order valence-corrected chi connectivity index (χ3v) is 5.13. The highest BCUT2D eigenvalue weighted by atomic mass is 35.5. The maximum atomic E-state index is 12.5. The zero-order valence-corrected chi connectivity index (χ0v) is 13.4. The molecule has 22 heavy (non-hydrogen) atoms. The van der Waals surface area contributed by atoms with E-state index in [4.69, 9.17) is 11.6 Å². The number of nitrogens with zero attached hydrogens (tertiary/aromatic N) is 5. The fourth-order valence-corrected chi connectivity index (χ4v) is 3.13. The van der Waals surface area contributed by atoms with E-state index in [1.54, 1.807) is 4.68 Å². The van der Waals surface area contributed by atoms with Gasteiger partial charge in [0.1, 0.15) is 4.90 Å². The van der Waals surface area contributed by atoms with Gasteiger partial charge in [0.25, 0.3) is 0 Å². The van der Waals surface area contributed by atoms with Gasteiger partial charge in [0, 0.05) is 13.6 Å². The Kier molecular flexibility index (Phi) is 4.83. The number of hydrogen-bond acceptors (Lipinski definition) is 4. The molecule has 2 aromatic rings. The van der Waals surface area contributed by atoms with Gasteiger partial charge in [-0.25, -0.2) is 13.1 Å². The molecule has 2 heterocycles. The minimum atomic E-state index is -3.95. The fraction of sp³-hybridized carbons (Fsp3) is 0.455. The lowest BCUT2D eigenvalue weighted by Gasteiger charge is -2.17. The molecule has 0 aliphatic carbocycles. The van der Waals surface area contributed by atoms with E-state index >= 15 is 0 Å². The van der Waals surface area contributed by atoms with Crippen molar-refractivity contribution in [3.05, 3.63) is 29.3 Å². The summed E-state index contributed by atoms with van der Waals surface area (Å²) in [6.07, 6.45) is 3.10. The molecule has 0 fully saturated rings. The van der Waals surface area contributed by atoms with Crippen molar-refractivity contribution in [2.45, 2.75) is 31.5 Å². The number of rotatable bonds is 6. The Morgan fingerprint density at radius 2 is 2.05 bits per heavy atom. The van der Waals surface area contributed by atoms with E-state index in [1.807, 2.05) is 6.92 Å². The summed E-state index contributed by atoms with van der Waals surface area (Å²) in [7, 11) is -2.62. The Bertz CT molecular complexity index is 758. The molecule has 0 N–H and O–H groups in total. The minimum absolute atomic E-state index is 0.0329. The standard InChI is InChI=1S/C11H14ClF2N5O2S/c1-3-18-10(9(12)5-16-18)7-17(2)22(20,21)8-4-15-19(6-8)11(13)14/h4-6,11H,3,7H2,1-2H3. The second kappa shape index (κ2) is 6.31. The topological polar surface area (TPSA) is 73.0 Å². The molecular weight excluding hydrogens is 340 g/mol. The molecule has 0 unspecified atom stereocenters. The largest absolute Gasteiger partial charge is 0.333 e. The van der Waals surface area contributed by atoms with Crippen LogP contribution in [0.25, 0.3) is 0 Å². The molecule has 0 bridgehead atoms. The van der Waals surface area contributed by atoms with E-state index in [0.29, 0.717) is 17.3 Å². The van der Waals surface area contributed by atoms with Crippen LogP contribution in [0, 0.1) is 0 Å². The van der Waals surface area contributed by atoms with Gasteiger partial charge < -0.3 is 0 Å². The van der Waals surface area contributed by atoms with Crippen LogP contribution in [0.3, 0.4) is 0 Å².